The minimum absolute atomic E-state index is 0.340. The zero-order valence-electron chi connectivity index (χ0n) is 8.59. The first-order valence-corrected chi connectivity index (χ1v) is 5.37. The number of rotatable bonds is 3. The number of nitrogens with zero attached hydrogens (tertiary/aromatic N) is 1. The van der Waals surface area contributed by atoms with Crippen molar-refractivity contribution in [2.24, 2.45) is 0 Å². The fourth-order valence-corrected chi connectivity index (χ4v) is 1.60. The van der Waals surface area contributed by atoms with E-state index < -0.39 is 5.12 Å². The van der Waals surface area contributed by atoms with Crippen LogP contribution in [-0.4, -0.2) is 10.1 Å². The molecule has 2 aromatic rings. The standard InChI is InChI=1S/C13H11NOS/c15-13(16)12-7-6-11(9-14-12)8-10-4-2-1-3-5-10/h1-7,9H,8H2,(H,15,16)/p-1. The van der Waals surface area contributed by atoms with Gasteiger partial charge in [0.2, 0.25) is 0 Å². The van der Waals surface area contributed by atoms with Crippen molar-refractivity contribution >= 4 is 17.7 Å². The van der Waals surface area contributed by atoms with Crippen LogP contribution in [0.4, 0.5) is 0 Å². The molecule has 0 radical (unpaired) electrons. The van der Waals surface area contributed by atoms with Gasteiger partial charge in [-0.3, -0.25) is 4.98 Å². The summed E-state index contributed by atoms with van der Waals surface area (Å²) < 4.78 is 0. The Morgan fingerprint density at radius 2 is 1.81 bits per heavy atom. The molecule has 1 aromatic carbocycles. The van der Waals surface area contributed by atoms with E-state index in [4.69, 9.17) is 0 Å². The average molecular weight is 228 g/mol. The average Bonchev–Trinajstić information content (AvgIpc) is 2.31. The van der Waals surface area contributed by atoms with Gasteiger partial charge in [0.05, 0.1) is 10.8 Å². The van der Waals surface area contributed by atoms with Crippen LogP contribution in [0.5, 0.6) is 0 Å². The third-order valence-electron chi connectivity index (χ3n) is 2.28. The van der Waals surface area contributed by atoms with Crippen molar-refractivity contribution in [1.29, 1.82) is 0 Å². The summed E-state index contributed by atoms with van der Waals surface area (Å²) in [6.45, 7) is 0. The molecule has 0 saturated carbocycles. The van der Waals surface area contributed by atoms with Crippen molar-refractivity contribution in [2.75, 3.05) is 0 Å². The number of benzene rings is 1. The summed E-state index contributed by atoms with van der Waals surface area (Å²) in [4.78, 5) is 14.9. The third-order valence-corrected chi connectivity index (χ3v) is 2.49. The van der Waals surface area contributed by atoms with E-state index >= 15 is 0 Å². The minimum Gasteiger partial charge on any atom is -0.735 e. The Hall–Kier alpha value is -1.74. The van der Waals surface area contributed by atoms with Gasteiger partial charge in [-0.2, -0.15) is 0 Å². The topological polar surface area (TPSA) is 30.0 Å². The molecule has 0 aliphatic carbocycles. The highest BCUT2D eigenvalue weighted by Gasteiger charge is 1.97. The predicted octanol–water partition coefficient (Wildman–Crippen LogP) is 2.36. The lowest BCUT2D eigenvalue weighted by molar-refractivity contribution is 0.108. The Bertz CT molecular complexity index is 479. The van der Waals surface area contributed by atoms with Gasteiger partial charge < -0.3 is 17.4 Å². The molecule has 1 heterocycles. The summed E-state index contributed by atoms with van der Waals surface area (Å²) in [5, 5.41) is -0.411. The lowest BCUT2D eigenvalue weighted by Crippen LogP contribution is -1.98. The molecule has 2 nitrogen and oxygen atoms in total. The van der Waals surface area contributed by atoms with E-state index in [-0.39, 0.29) is 0 Å². The highest BCUT2D eigenvalue weighted by Crippen LogP contribution is 2.08. The Balaban J connectivity index is 2.14. The second kappa shape index (κ2) is 4.86. The molecule has 80 valence electrons. The maximum atomic E-state index is 10.9. The van der Waals surface area contributed by atoms with Crippen LogP contribution in [-0.2, 0) is 19.0 Å². The Morgan fingerprint density at radius 3 is 2.38 bits per heavy atom. The van der Waals surface area contributed by atoms with Crippen LogP contribution >= 0.6 is 0 Å². The summed E-state index contributed by atoms with van der Waals surface area (Å²) in [5.41, 5.74) is 2.64. The lowest BCUT2D eigenvalue weighted by Gasteiger charge is -2.05. The molecule has 1 aromatic heterocycles. The van der Waals surface area contributed by atoms with Crippen LogP contribution < -0.4 is 0 Å². The molecular weight excluding hydrogens is 218 g/mol. The van der Waals surface area contributed by atoms with Gasteiger partial charge in [-0.1, -0.05) is 36.4 Å². The van der Waals surface area contributed by atoms with Gasteiger partial charge in [0.25, 0.3) is 0 Å². The largest absolute Gasteiger partial charge is 0.735 e. The number of pyridine rings is 1. The molecule has 3 heteroatoms. The Kier molecular flexibility index (Phi) is 3.27. The van der Waals surface area contributed by atoms with Gasteiger partial charge in [0, 0.05) is 6.20 Å². The van der Waals surface area contributed by atoms with Gasteiger partial charge in [-0.15, -0.1) is 0 Å². The number of carbonyl (C=O) groups is 1. The Labute approximate surface area is 99.8 Å². The van der Waals surface area contributed by atoms with Gasteiger partial charge in [0.1, 0.15) is 0 Å². The van der Waals surface area contributed by atoms with E-state index in [1.165, 1.54) is 5.56 Å². The fraction of sp³-hybridized carbons (Fsp3) is 0.0769. The van der Waals surface area contributed by atoms with E-state index in [1.54, 1.807) is 12.3 Å². The normalized spacial score (nSPS) is 10.0. The molecular formula is C13H10NOS-. The molecule has 0 bridgehead atoms. The molecule has 2 rings (SSSR count). The summed E-state index contributed by atoms with van der Waals surface area (Å²) in [6.07, 6.45) is 2.52. The number of carbonyl (C=O) groups excluding carboxylic acids is 1. The van der Waals surface area contributed by atoms with Crippen molar-refractivity contribution in [3.63, 3.8) is 0 Å². The second-order valence-electron chi connectivity index (χ2n) is 3.50. The molecule has 0 aliphatic rings. The highest BCUT2D eigenvalue weighted by molar-refractivity contribution is 7.77. The minimum atomic E-state index is -0.411. The SMILES string of the molecule is O=C([S-])c1ccc(Cc2ccccc2)cn1. The molecule has 0 saturated heterocycles. The quantitative estimate of drug-likeness (QED) is 0.755. The molecule has 0 atom stereocenters. The summed E-state index contributed by atoms with van der Waals surface area (Å²) >= 11 is 4.52. The van der Waals surface area contributed by atoms with E-state index in [2.05, 4.69) is 29.7 Å². The third kappa shape index (κ3) is 2.64. The molecule has 0 amide bonds. The first kappa shape index (κ1) is 10.8. The highest BCUT2D eigenvalue weighted by atomic mass is 32.1. The van der Waals surface area contributed by atoms with E-state index in [9.17, 15) is 4.79 Å². The summed E-state index contributed by atoms with van der Waals surface area (Å²) in [5.74, 6) is 0. The fourth-order valence-electron chi connectivity index (χ4n) is 1.48. The van der Waals surface area contributed by atoms with E-state index in [0.717, 1.165) is 12.0 Å². The maximum Gasteiger partial charge on any atom is 0.0828 e. The van der Waals surface area contributed by atoms with Crippen molar-refractivity contribution in [3.8, 4) is 0 Å². The van der Waals surface area contributed by atoms with Crippen molar-refractivity contribution in [1.82, 2.24) is 4.98 Å². The molecule has 0 aliphatic heterocycles. The molecule has 0 unspecified atom stereocenters. The van der Waals surface area contributed by atoms with Crippen LogP contribution in [0.25, 0.3) is 0 Å². The summed E-state index contributed by atoms with van der Waals surface area (Å²) in [6, 6.07) is 13.7. The molecule has 0 spiro atoms. The first-order valence-electron chi connectivity index (χ1n) is 4.96. The van der Waals surface area contributed by atoms with E-state index in [0.29, 0.717) is 5.69 Å². The van der Waals surface area contributed by atoms with Crippen LogP contribution in [0.15, 0.2) is 48.7 Å². The number of hydrogen-bond donors (Lipinski definition) is 0. The van der Waals surface area contributed by atoms with Crippen LogP contribution in [0, 0.1) is 0 Å². The lowest BCUT2D eigenvalue weighted by atomic mass is 10.1. The smallest absolute Gasteiger partial charge is 0.0828 e. The van der Waals surface area contributed by atoms with Crippen LogP contribution in [0.3, 0.4) is 0 Å². The van der Waals surface area contributed by atoms with E-state index in [1.807, 2.05) is 24.3 Å². The van der Waals surface area contributed by atoms with Gasteiger partial charge >= 0.3 is 0 Å². The van der Waals surface area contributed by atoms with Crippen molar-refractivity contribution in [3.05, 3.63) is 65.5 Å². The molecule has 0 fully saturated rings. The first-order chi connectivity index (χ1) is 7.75. The monoisotopic (exact) mass is 228 g/mol. The van der Waals surface area contributed by atoms with Crippen molar-refractivity contribution < 1.29 is 4.79 Å². The predicted molar refractivity (Wildman–Crippen MR) is 65.2 cm³/mol. The van der Waals surface area contributed by atoms with Crippen molar-refractivity contribution in [2.45, 2.75) is 6.42 Å². The molecule has 0 N–H and O–H groups in total. The maximum absolute atomic E-state index is 10.9. The Morgan fingerprint density at radius 1 is 1.06 bits per heavy atom. The summed E-state index contributed by atoms with van der Waals surface area (Å²) in [7, 11) is 0. The van der Waals surface area contributed by atoms with Crippen LogP contribution in [0.1, 0.15) is 21.6 Å². The number of hydrogen-bond acceptors (Lipinski definition) is 3. The zero-order valence-corrected chi connectivity index (χ0v) is 9.41. The van der Waals surface area contributed by atoms with Crippen LogP contribution in [0.2, 0.25) is 0 Å². The zero-order chi connectivity index (χ0) is 11.4. The second-order valence-corrected chi connectivity index (χ2v) is 3.87. The molecule has 16 heavy (non-hydrogen) atoms. The van der Waals surface area contributed by atoms with Gasteiger partial charge in [-0.05, 0) is 23.6 Å². The van der Waals surface area contributed by atoms with Gasteiger partial charge in [0.15, 0.2) is 0 Å². The number of aromatic nitrogens is 1. The van der Waals surface area contributed by atoms with Gasteiger partial charge in [-0.25, -0.2) is 0 Å².